The van der Waals surface area contributed by atoms with Gasteiger partial charge in [0.2, 0.25) is 0 Å². The van der Waals surface area contributed by atoms with Crippen LogP contribution in [0.3, 0.4) is 0 Å². The molecule has 1 heterocycles. The van der Waals surface area contributed by atoms with Crippen molar-refractivity contribution in [3.63, 3.8) is 0 Å². The second-order valence-electron chi connectivity index (χ2n) is 6.87. The Morgan fingerprint density at radius 2 is 1.46 bits per heavy atom. The number of benzene rings is 3. The predicted molar refractivity (Wildman–Crippen MR) is 112 cm³/mol. The van der Waals surface area contributed by atoms with Crippen LogP contribution in [0.25, 0.3) is 0 Å². The average molecular weight is 384 g/mol. The van der Waals surface area contributed by atoms with Crippen LogP contribution < -0.4 is 0 Å². The number of halogens is 2. The van der Waals surface area contributed by atoms with Gasteiger partial charge in [0.15, 0.2) is 0 Å². The van der Waals surface area contributed by atoms with Crippen LogP contribution >= 0.6 is 24.0 Å². The van der Waals surface area contributed by atoms with Gasteiger partial charge in [-0.25, -0.2) is 0 Å². The summed E-state index contributed by atoms with van der Waals surface area (Å²) >= 11 is 6.66. The molecule has 0 saturated heterocycles. The van der Waals surface area contributed by atoms with Gasteiger partial charge in [0.05, 0.1) is 5.54 Å². The molecule has 0 fully saturated rings. The fourth-order valence-electron chi connectivity index (χ4n) is 4.07. The predicted octanol–water partition coefficient (Wildman–Crippen LogP) is 6.08. The molecular weight excluding hydrogens is 361 g/mol. The van der Waals surface area contributed by atoms with Crippen LogP contribution in [0.15, 0.2) is 78.9 Å². The molecule has 0 N–H and O–H groups in total. The van der Waals surface area contributed by atoms with Gasteiger partial charge in [-0.1, -0.05) is 84.4 Å². The number of rotatable bonds is 3. The van der Waals surface area contributed by atoms with Crippen LogP contribution in [0.2, 0.25) is 5.02 Å². The van der Waals surface area contributed by atoms with Crippen molar-refractivity contribution in [3.8, 4) is 0 Å². The van der Waals surface area contributed by atoms with E-state index in [1.165, 1.54) is 22.3 Å². The average Bonchev–Trinajstić information content (AvgIpc) is 2.65. The van der Waals surface area contributed by atoms with E-state index in [9.17, 15) is 0 Å². The van der Waals surface area contributed by atoms with Crippen LogP contribution in [-0.4, -0.2) is 11.4 Å². The summed E-state index contributed by atoms with van der Waals surface area (Å²) in [5.41, 5.74) is 5.07. The lowest BCUT2D eigenvalue weighted by Crippen LogP contribution is -2.49. The van der Waals surface area contributed by atoms with E-state index in [1.807, 2.05) is 12.1 Å². The molecule has 0 aliphatic carbocycles. The largest absolute Gasteiger partial charge is 0.285 e. The first-order chi connectivity index (χ1) is 12.2. The zero-order valence-electron chi connectivity index (χ0n) is 14.9. The highest BCUT2D eigenvalue weighted by atomic mass is 35.5. The highest BCUT2D eigenvalue weighted by Crippen LogP contribution is 2.44. The zero-order chi connectivity index (χ0) is 17.3. The number of hydrogen-bond donors (Lipinski definition) is 0. The SMILES string of the molecule is CC1(c2ccccc2Cl)c2ccccc2CCN1Cc1ccccc1.Cl. The quantitative estimate of drug-likeness (QED) is 0.529. The van der Waals surface area contributed by atoms with Gasteiger partial charge in [-0.15, -0.1) is 12.4 Å². The van der Waals surface area contributed by atoms with Gasteiger partial charge >= 0.3 is 0 Å². The molecule has 1 aliphatic heterocycles. The highest BCUT2D eigenvalue weighted by Gasteiger charge is 2.40. The van der Waals surface area contributed by atoms with Crippen LogP contribution in [-0.2, 0) is 18.5 Å². The topological polar surface area (TPSA) is 3.24 Å². The molecule has 1 aliphatic rings. The lowest BCUT2D eigenvalue weighted by molar-refractivity contribution is 0.117. The maximum atomic E-state index is 6.66. The molecule has 3 aromatic carbocycles. The van der Waals surface area contributed by atoms with Crippen LogP contribution in [0.5, 0.6) is 0 Å². The Bertz CT molecular complexity index is 878. The Kier molecular flexibility index (Phi) is 5.72. The summed E-state index contributed by atoms with van der Waals surface area (Å²) in [7, 11) is 0. The van der Waals surface area contributed by atoms with Crippen molar-refractivity contribution < 1.29 is 0 Å². The molecule has 3 heteroatoms. The third-order valence-electron chi connectivity index (χ3n) is 5.44. The van der Waals surface area contributed by atoms with E-state index < -0.39 is 0 Å². The van der Waals surface area contributed by atoms with Crippen molar-refractivity contribution in [1.29, 1.82) is 0 Å². The standard InChI is InChI=1S/C23H22ClN.ClH/c1-23(21-13-7-8-14-22(21)24)20-12-6-5-11-19(20)15-16-25(23)17-18-9-3-2-4-10-18;/h2-14H,15-17H2,1H3;1H. The Morgan fingerprint density at radius 3 is 2.19 bits per heavy atom. The van der Waals surface area contributed by atoms with Crippen molar-refractivity contribution in [2.45, 2.75) is 25.4 Å². The minimum absolute atomic E-state index is 0. The molecule has 0 bridgehead atoms. The maximum Gasteiger partial charge on any atom is 0.0707 e. The summed E-state index contributed by atoms with van der Waals surface area (Å²) in [5, 5.41) is 0.833. The summed E-state index contributed by atoms with van der Waals surface area (Å²) in [6.45, 7) is 4.25. The monoisotopic (exact) mass is 383 g/mol. The van der Waals surface area contributed by atoms with Gasteiger partial charge < -0.3 is 0 Å². The van der Waals surface area contributed by atoms with Crippen molar-refractivity contribution in [2.75, 3.05) is 6.54 Å². The van der Waals surface area contributed by atoms with E-state index in [-0.39, 0.29) is 17.9 Å². The zero-order valence-corrected chi connectivity index (χ0v) is 16.4. The Balaban J connectivity index is 0.00000196. The molecule has 0 aromatic heterocycles. The van der Waals surface area contributed by atoms with Crippen LogP contribution in [0.4, 0.5) is 0 Å². The molecule has 0 saturated carbocycles. The van der Waals surface area contributed by atoms with E-state index in [4.69, 9.17) is 11.6 Å². The second-order valence-corrected chi connectivity index (χ2v) is 7.27. The van der Waals surface area contributed by atoms with E-state index in [2.05, 4.69) is 78.6 Å². The number of hydrogen-bond acceptors (Lipinski definition) is 1. The normalized spacial score (nSPS) is 19.5. The van der Waals surface area contributed by atoms with Crippen LogP contribution in [0.1, 0.15) is 29.2 Å². The fourth-order valence-corrected chi connectivity index (χ4v) is 4.39. The van der Waals surface area contributed by atoms with Crippen molar-refractivity contribution in [3.05, 3.63) is 106 Å². The molecular formula is C23H23Cl2N. The molecule has 134 valence electrons. The third kappa shape index (κ3) is 3.27. The third-order valence-corrected chi connectivity index (χ3v) is 5.77. The number of nitrogens with zero attached hydrogens (tertiary/aromatic N) is 1. The van der Waals surface area contributed by atoms with Gasteiger partial charge in [0, 0.05) is 18.1 Å². The molecule has 0 radical (unpaired) electrons. The molecule has 4 rings (SSSR count). The fraction of sp³-hybridized carbons (Fsp3) is 0.217. The molecule has 0 spiro atoms. The lowest BCUT2D eigenvalue weighted by Gasteiger charge is -2.47. The Morgan fingerprint density at radius 1 is 0.846 bits per heavy atom. The molecule has 1 nitrogen and oxygen atoms in total. The lowest BCUT2D eigenvalue weighted by atomic mass is 9.77. The smallest absolute Gasteiger partial charge is 0.0707 e. The van der Waals surface area contributed by atoms with E-state index in [0.29, 0.717) is 0 Å². The first-order valence-electron chi connectivity index (χ1n) is 8.82. The van der Waals surface area contributed by atoms with Crippen LogP contribution in [0, 0.1) is 0 Å². The van der Waals surface area contributed by atoms with Crippen molar-refractivity contribution in [1.82, 2.24) is 4.90 Å². The van der Waals surface area contributed by atoms with E-state index in [0.717, 1.165) is 24.5 Å². The first-order valence-corrected chi connectivity index (χ1v) is 9.20. The maximum absolute atomic E-state index is 6.66. The Hall–Kier alpha value is -1.80. The molecule has 1 atom stereocenters. The van der Waals surface area contributed by atoms with Gasteiger partial charge in [-0.3, -0.25) is 4.90 Å². The molecule has 3 aromatic rings. The molecule has 1 unspecified atom stereocenters. The van der Waals surface area contributed by atoms with Gasteiger partial charge in [-0.05, 0) is 41.7 Å². The summed E-state index contributed by atoms with van der Waals surface area (Å²) in [4.78, 5) is 2.56. The number of fused-ring (bicyclic) bond motifs is 1. The van der Waals surface area contributed by atoms with Crippen molar-refractivity contribution >= 4 is 24.0 Å². The Labute approximate surface area is 167 Å². The first kappa shape index (κ1) is 19.0. The van der Waals surface area contributed by atoms with E-state index in [1.54, 1.807) is 0 Å². The highest BCUT2D eigenvalue weighted by molar-refractivity contribution is 6.31. The van der Waals surface area contributed by atoms with Crippen molar-refractivity contribution in [2.24, 2.45) is 0 Å². The van der Waals surface area contributed by atoms with E-state index >= 15 is 0 Å². The second kappa shape index (κ2) is 7.84. The van der Waals surface area contributed by atoms with Gasteiger partial charge in [-0.2, -0.15) is 0 Å². The molecule has 0 amide bonds. The minimum atomic E-state index is -0.233. The van der Waals surface area contributed by atoms with Gasteiger partial charge in [0.1, 0.15) is 0 Å². The summed E-state index contributed by atoms with van der Waals surface area (Å²) in [6, 6.07) is 27.8. The minimum Gasteiger partial charge on any atom is -0.285 e. The summed E-state index contributed by atoms with van der Waals surface area (Å²) in [6.07, 6.45) is 1.07. The summed E-state index contributed by atoms with van der Waals surface area (Å²) < 4.78 is 0. The molecule has 26 heavy (non-hydrogen) atoms. The summed E-state index contributed by atoms with van der Waals surface area (Å²) in [5.74, 6) is 0. The van der Waals surface area contributed by atoms with Gasteiger partial charge in [0.25, 0.3) is 0 Å².